The average Bonchev–Trinajstić information content (AvgIpc) is 2.79. The summed E-state index contributed by atoms with van der Waals surface area (Å²) < 4.78 is 37.5. The molecule has 1 heterocycles. The molecule has 1 amide bonds. The molecule has 0 bridgehead atoms. The molecule has 172 valence electrons. The lowest BCUT2D eigenvalue weighted by Gasteiger charge is -2.30. The highest BCUT2D eigenvalue weighted by molar-refractivity contribution is 7.89. The van der Waals surface area contributed by atoms with E-state index in [1.807, 2.05) is 13.0 Å². The summed E-state index contributed by atoms with van der Waals surface area (Å²) in [6, 6.07) is 13.6. The molecule has 2 aromatic carbocycles. The number of esters is 1. The van der Waals surface area contributed by atoms with Gasteiger partial charge in [0.1, 0.15) is 5.75 Å². The van der Waals surface area contributed by atoms with E-state index in [9.17, 15) is 18.0 Å². The maximum absolute atomic E-state index is 12.7. The molecule has 0 radical (unpaired) electrons. The summed E-state index contributed by atoms with van der Waals surface area (Å²) >= 11 is 0. The number of piperidine rings is 1. The Labute approximate surface area is 188 Å². The third-order valence-electron chi connectivity index (χ3n) is 5.44. The number of aryl methyl sites for hydroxylation is 1. The van der Waals surface area contributed by atoms with E-state index in [0.717, 1.165) is 5.56 Å². The van der Waals surface area contributed by atoms with E-state index in [2.05, 4.69) is 5.32 Å². The van der Waals surface area contributed by atoms with Gasteiger partial charge in [-0.05, 0) is 56.5 Å². The van der Waals surface area contributed by atoms with Crippen LogP contribution >= 0.6 is 0 Å². The molecule has 2 aromatic rings. The van der Waals surface area contributed by atoms with E-state index in [4.69, 9.17) is 9.47 Å². The minimum Gasteiger partial charge on any atom is -0.495 e. The highest BCUT2D eigenvalue weighted by atomic mass is 32.2. The molecule has 0 aliphatic carbocycles. The van der Waals surface area contributed by atoms with Gasteiger partial charge in [-0.2, -0.15) is 4.31 Å². The molecule has 3 rings (SSSR count). The van der Waals surface area contributed by atoms with Crippen molar-refractivity contribution in [3.05, 3.63) is 54.1 Å². The van der Waals surface area contributed by atoms with Crippen LogP contribution in [0.5, 0.6) is 5.75 Å². The second kappa shape index (κ2) is 10.1. The first kappa shape index (κ1) is 23.7. The van der Waals surface area contributed by atoms with Gasteiger partial charge < -0.3 is 14.8 Å². The number of anilines is 1. The molecule has 1 unspecified atom stereocenters. The molecular formula is C23H28N2O6S. The van der Waals surface area contributed by atoms with Crippen LogP contribution < -0.4 is 10.1 Å². The van der Waals surface area contributed by atoms with Gasteiger partial charge in [-0.15, -0.1) is 0 Å². The van der Waals surface area contributed by atoms with Crippen molar-refractivity contribution in [2.45, 2.75) is 37.7 Å². The second-order valence-electron chi connectivity index (χ2n) is 7.76. The van der Waals surface area contributed by atoms with Gasteiger partial charge in [-0.25, -0.2) is 8.42 Å². The van der Waals surface area contributed by atoms with Crippen LogP contribution in [0.25, 0.3) is 0 Å². The molecule has 0 saturated carbocycles. The maximum Gasteiger partial charge on any atom is 0.309 e. The Morgan fingerprint density at radius 3 is 2.38 bits per heavy atom. The van der Waals surface area contributed by atoms with Gasteiger partial charge in [-0.3, -0.25) is 9.59 Å². The number of methoxy groups -OCH3 is 1. The zero-order valence-corrected chi connectivity index (χ0v) is 19.2. The molecule has 0 spiro atoms. The van der Waals surface area contributed by atoms with Crippen molar-refractivity contribution in [1.29, 1.82) is 0 Å². The van der Waals surface area contributed by atoms with Crippen molar-refractivity contribution in [2.75, 3.05) is 25.5 Å². The Balaban J connectivity index is 1.54. The van der Waals surface area contributed by atoms with Crippen LogP contribution in [-0.2, 0) is 24.3 Å². The lowest BCUT2D eigenvalue weighted by atomic mass is 9.98. The van der Waals surface area contributed by atoms with Crippen molar-refractivity contribution in [3.8, 4) is 5.75 Å². The number of hydrogen-bond acceptors (Lipinski definition) is 6. The first-order valence-electron chi connectivity index (χ1n) is 10.4. The first-order valence-corrected chi connectivity index (χ1v) is 11.9. The van der Waals surface area contributed by atoms with E-state index < -0.39 is 33.9 Å². The monoisotopic (exact) mass is 460 g/mol. The van der Waals surface area contributed by atoms with Crippen molar-refractivity contribution in [1.82, 2.24) is 4.31 Å². The number of amides is 1. The summed E-state index contributed by atoms with van der Waals surface area (Å²) in [6.45, 7) is 3.84. The summed E-state index contributed by atoms with van der Waals surface area (Å²) in [6.07, 6.45) is -0.325. The van der Waals surface area contributed by atoms with Gasteiger partial charge in [0.15, 0.2) is 6.10 Å². The fourth-order valence-corrected chi connectivity index (χ4v) is 5.04. The Morgan fingerprint density at radius 2 is 1.75 bits per heavy atom. The predicted molar refractivity (Wildman–Crippen MR) is 120 cm³/mol. The molecule has 0 aromatic heterocycles. The van der Waals surface area contributed by atoms with Crippen molar-refractivity contribution >= 4 is 27.6 Å². The van der Waals surface area contributed by atoms with Crippen LogP contribution in [0.2, 0.25) is 0 Å². The number of rotatable bonds is 7. The predicted octanol–water partition coefficient (Wildman–Crippen LogP) is 2.97. The van der Waals surface area contributed by atoms with Crippen LogP contribution in [0, 0.1) is 12.8 Å². The molecule has 8 nitrogen and oxygen atoms in total. The zero-order chi connectivity index (χ0) is 23.3. The Bertz CT molecular complexity index is 1060. The molecule has 1 atom stereocenters. The molecular weight excluding hydrogens is 432 g/mol. The van der Waals surface area contributed by atoms with E-state index in [-0.39, 0.29) is 18.0 Å². The molecule has 1 saturated heterocycles. The highest BCUT2D eigenvalue weighted by Gasteiger charge is 2.34. The quantitative estimate of drug-likeness (QED) is 0.638. The van der Waals surface area contributed by atoms with Gasteiger partial charge >= 0.3 is 5.97 Å². The van der Waals surface area contributed by atoms with Gasteiger partial charge in [0.2, 0.25) is 10.0 Å². The summed E-state index contributed by atoms with van der Waals surface area (Å²) in [4.78, 5) is 25.3. The number of nitrogens with zero attached hydrogens (tertiary/aromatic N) is 1. The van der Waals surface area contributed by atoms with Crippen LogP contribution in [-0.4, -0.2) is 50.9 Å². The van der Waals surface area contributed by atoms with Crippen molar-refractivity contribution in [2.24, 2.45) is 5.92 Å². The van der Waals surface area contributed by atoms with E-state index in [1.54, 1.807) is 42.5 Å². The number of hydrogen-bond donors (Lipinski definition) is 1. The molecule has 32 heavy (non-hydrogen) atoms. The van der Waals surface area contributed by atoms with Gasteiger partial charge in [-0.1, -0.05) is 24.3 Å². The zero-order valence-electron chi connectivity index (χ0n) is 18.4. The summed E-state index contributed by atoms with van der Waals surface area (Å²) in [5.41, 5.74) is 1.45. The average molecular weight is 461 g/mol. The Hall–Kier alpha value is -2.91. The lowest BCUT2D eigenvalue weighted by Crippen LogP contribution is -2.41. The summed E-state index contributed by atoms with van der Waals surface area (Å²) in [5.74, 6) is -0.914. The van der Waals surface area contributed by atoms with E-state index in [0.29, 0.717) is 24.3 Å². The molecule has 1 N–H and O–H groups in total. The highest BCUT2D eigenvalue weighted by Crippen LogP contribution is 2.27. The molecule has 1 fully saturated rings. The largest absolute Gasteiger partial charge is 0.495 e. The smallest absolute Gasteiger partial charge is 0.309 e. The number of carbonyl (C=O) groups is 2. The van der Waals surface area contributed by atoms with Crippen LogP contribution in [0.4, 0.5) is 5.69 Å². The van der Waals surface area contributed by atoms with Gasteiger partial charge in [0.25, 0.3) is 5.91 Å². The summed E-state index contributed by atoms with van der Waals surface area (Å²) in [7, 11) is -2.08. The molecule has 9 heteroatoms. The minimum absolute atomic E-state index is 0.220. The summed E-state index contributed by atoms with van der Waals surface area (Å²) in [5, 5.41) is 2.73. The third-order valence-corrected chi connectivity index (χ3v) is 7.36. The number of carbonyl (C=O) groups excluding carboxylic acids is 2. The van der Waals surface area contributed by atoms with Crippen molar-refractivity contribution < 1.29 is 27.5 Å². The van der Waals surface area contributed by atoms with Gasteiger partial charge in [0, 0.05) is 13.1 Å². The topological polar surface area (TPSA) is 102 Å². The maximum atomic E-state index is 12.7. The normalized spacial score (nSPS) is 16.2. The Kier molecular flexibility index (Phi) is 7.52. The van der Waals surface area contributed by atoms with Crippen LogP contribution in [0.1, 0.15) is 25.3 Å². The molecule has 1 aliphatic heterocycles. The third kappa shape index (κ3) is 5.46. The fourth-order valence-electron chi connectivity index (χ4n) is 3.55. The minimum atomic E-state index is -3.59. The fraction of sp³-hybridized carbons (Fsp3) is 0.391. The van der Waals surface area contributed by atoms with Gasteiger partial charge in [0.05, 0.1) is 23.6 Å². The number of nitrogens with one attached hydrogen (secondary N) is 1. The SMILES string of the molecule is COc1ccc(C)cc1NC(=O)C(C)OC(=O)C1CCN(S(=O)(=O)c2ccccc2)CC1. The first-order chi connectivity index (χ1) is 15.2. The van der Waals surface area contributed by atoms with Crippen molar-refractivity contribution in [3.63, 3.8) is 0 Å². The van der Waals surface area contributed by atoms with Crippen LogP contribution in [0.15, 0.2) is 53.4 Å². The Morgan fingerprint density at radius 1 is 1.09 bits per heavy atom. The van der Waals surface area contributed by atoms with Crippen LogP contribution in [0.3, 0.4) is 0 Å². The molecule has 1 aliphatic rings. The number of benzene rings is 2. The number of ether oxygens (including phenoxy) is 2. The second-order valence-corrected chi connectivity index (χ2v) is 9.70. The van der Waals surface area contributed by atoms with E-state index in [1.165, 1.54) is 18.3 Å². The van der Waals surface area contributed by atoms with E-state index >= 15 is 0 Å². The standard InChI is InChI=1S/C23H28N2O6S/c1-16-9-10-21(30-3)20(15-16)24-22(26)17(2)31-23(27)18-11-13-25(14-12-18)32(28,29)19-7-5-4-6-8-19/h4-10,15,17-18H,11-14H2,1-3H3,(H,24,26). The lowest BCUT2D eigenvalue weighted by molar-refractivity contribution is -0.158. The number of sulfonamides is 1.